The summed E-state index contributed by atoms with van der Waals surface area (Å²) in [5.74, 6) is 0.695. The number of hydrogen-bond donors (Lipinski definition) is 0. The average molecular weight is 401 g/mol. The van der Waals surface area contributed by atoms with E-state index in [-0.39, 0.29) is 12.1 Å². The van der Waals surface area contributed by atoms with Gasteiger partial charge in [-0.15, -0.1) is 0 Å². The van der Waals surface area contributed by atoms with Crippen LogP contribution in [0.5, 0.6) is 5.75 Å². The van der Waals surface area contributed by atoms with E-state index in [1.165, 1.54) is 11.1 Å². The van der Waals surface area contributed by atoms with Crippen molar-refractivity contribution in [2.75, 3.05) is 19.6 Å². The molecule has 1 saturated heterocycles. The molecule has 5 nitrogen and oxygen atoms in total. The van der Waals surface area contributed by atoms with Gasteiger partial charge in [0, 0.05) is 32.2 Å². The number of rotatable bonds is 5. The maximum Gasteiger partial charge on any atom is 0.243 e. The van der Waals surface area contributed by atoms with Crippen molar-refractivity contribution in [1.82, 2.24) is 9.21 Å². The molecule has 0 amide bonds. The third-order valence-electron chi connectivity index (χ3n) is 5.64. The zero-order chi connectivity index (χ0) is 19.7. The Kier molecular flexibility index (Phi) is 5.45. The van der Waals surface area contributed by atoms with Gasteiger partial charge in [-0.3, -0.25) is 4.90 Å². The van der Waals surface area contributed by atoms with Gasteiger partial charge in [-0.05, 0) is 62.1 Å². The molecule has 1 fully saturated rings. The van der Waals surface area contributed by atoms with Crippen LogP contribution in [0.1, 0.15) is 31.4 Å². The molecule has 2 aromatic rings. The fraction of sp³-hybridized carbons (Fsp3) is 0.455. The third kappa shape index (κ3) is 3.95. The monoisotopic (exact) mass is 400 g/mol. The zero-order valence-corrected chi connectivity index (χ0v) is 17.4. The molecular weight excluding hydrogens is 372 g/mol. The van der Waals surface area contributed by atoms with Crippen molar-refractivity contribution in [3.05, 3.63) is 59.7 Å². The largest absolute Gasteiger partial charge is 0.491 e. The number of hydrogen-bond acceptors (Lipinski definition) is 4. The Bertz CT molecular complexity index is 925. The highest BCUT2D eigenvalue weighted by Gasteiger charge is 2.36. The van der Waals surface area contributed by atoms with Crippen molar-refractivity contribution in [2.24, 2.45) is 0 Å². The number of fused-ring (bicyclic) bond motifs is 1. The fourth-order valence-corrected chi connectivity index (χ4v) is 5.66. The summed E-state index contributed by atoms with van der Waals surface area (Å²) in [4.78, 5) is 2.78. The second-order valence-electron chi connectivity index (χ2n) is 7.93. The first-order valence-electron chi connectivity index (χ1n) is 10.0. The summed E-state index contributed by atoms with van der Waals surface area (Å²) < 4.78 is 33.4. The molecule has 1 unspecified atom stereocenters. The Morgan fingerprint density at radius 1 is 1.00 bits per heavy atom. The molecule has 150 valence electrons. The van der Waals surface area contributed by atoms with Crippen LogP contribution in [0.4, 0.5) is 0 Å². The van der Waals surface area contributed by atoms with Crippen molar-refractivity contribution in [2.45, 2.75) is 50.3 Å². The minimum Gasteiger partial charge on any atom is -0.491 e. The first-order valence-corrected chi connectivity index (χ1v) is 11.5. The smallest absolute Gasteiger partial charge is 0.243 e. The van der Waals surface area contributed by atoms with Gasteiger partial charge in [-0.1, -0.05) is 24.3 Å². The zero-order valence-electron chi connectivity index (χ0n) is 16.5. The molecule has 4 rings (SSSR count). The second kappa shape index (κ2) is 7.85. The maximum atomic E-state index is 13.1. The normalized spacial score (nSPS) is 21.0. The molecule has 0 saturated carbocycles. The lowest BCUT2D eigenvalue weighted by atomic mass is 9.98. The average Bonchev–Trinajstić information content (AvgIpc) is 3.19. The molecule has 0 radical (unpaired) electrons. The fourth-order valence-electron chi connectivity index (χ4n) is 4.17. The van der Waals surface area contributed by atoms with E-state index < -0.39 is 10.0 Å². The summed E-state index contributed by atoms with van der Waals surface area (Å²) in [7, 11) is -3.46. The molecular formula is C22H28N2O3S. The number of nitrogens with zero attached hydrogens (tertiary/aromatic N) is 2. The van der Waals surface area contributed by atoms with E-state index in [9.17, 15) is 8.42 Å². The number of benzene rings is 2. The Balaban J connectivity index is 1.43. The van der Waals surface area contributed by atoms with Crippen LogP contribution in [0.15, 0.2) is 53.4 Å². The van der Waals surface area contributed by atoms with Gasteiger partial charge in [0.25, 0.3) is 0 Å². The lowest BCUT2D eigenvalue weighted by Gasteiger charge is -2.33. The first kappa shape index (κ1) is 19.4. The topological polar surface area (TPSA) is 49.9 Å². The molecule has 0 spiro atoms. The number of sulfonamides is 1. The molecule has 0 aliphatic carbocycles. The Morgan fingerprint density at radius 3 is 2.43 bits per heavy atom. The summed E-state index contributed by atoms with van der Waals surface area (Å²) in [5, 5.41) is 0. The predicted molar refractivity (Wildman–Crippen MR) is 110 cm³/mol. The lowest BCUT2D eigenvalue weighted by Crippen LogP contribution is -2.41. The van der Waals surface area contributed by atoms with Gasteiger partial charge < -0.3 is 4.74 Å². The third-order valence-corrected chi connectivity index (χ3v) is 7.52. The van der Waals surface area contributed by atoms with Crippen molar-refractivity contribution < 1.29 is 13.2 Å². The summed E-state index contributed by atoms with van der Waals surface area (Å²) in [6.07, 6.45) is 1.99. The highest BCUT2D eigenvalue weighted by Crippen LogP contribution is 2.28. The van der Waals surface area contributed by atoms with Crippen LogP contribution in [0.2, 0.25) is 0 Å². The van der Waals surface area contributed by atoms with Crippen LogP contribution in [-0.2, 0) is 23.0 Å². The molecule has 1 atom stereocenters. The van der Waals surface area contributed by atoms with Gasteiger partial charge in [0.05, 0.1) is 11.0 Å². The van der Waals surface area contributed by atoms with E-state index in [4.69, 9.17) is 4.74 Å². The minimum absolute atomic E-state index is 0.0662. The van der Waals surface area contributed by atoms with Crippen LogP contribution in [0.3, 0.4) is 0 Å². The number of ether oxygens (including phenoxy) is 1. The van der Waals surface area contributed by atoms with Crippen molar-refractivity contribution >= 4 is 10.0 Å². The van der Waals surface area contributed by atoms with Crippen molar-refractivity contribution in [1.29, 1.82) is 0 Å². The SMILES string of the molecule is CC(C)Oc1ccc(S(=O)(=O)N2CCC(N3CCc4ccccc4C3)C2)cc1. The molecule has 2 heterocycles. The van der Waals surface area contributed by atoms with E-state index in [0.717, 1.165) is 25.9 Å². The predicted octanol–water partition coefficient (Wildman–Crippen LogP) is 3.30. The molecule has 28 heavy (non-hydrogen) atoms. The van der Waals surface area contributed by atoms with Crippen LogP contribution in [0, 0.1) is 0 Å². The highest BCUT2D eigenvalue weighted by molar-refractivity contribution is 7.89. The Labute approximate surface area is 168 Å². The Morgan fingerprint density at radius 2 is 1.71 bits per heavy atom. The Hall–Kier alpha value is -1.89. The van der Waals surface area contributed by atoms with Gasteiger partial charge in [0.15, 0.2) is 0 Å². The van der Waals surface area contributed by atoms with Crippen LogP contribution in [-0.4, -0.2) is 49.4 Å². The molecule has 2 aromatic carbocycles. The van der Waals surface area contributed by atoms with Gasteiger partial charge in [-0.2, -0.15) is 4.31 Å². The van der Waals surface area contributed by atoms with E-state index in [1.807, 2.05) is 13.8 Å². The van der Waals surface area contributed by atoms with Crippen molar-refractivity contribution in [3.63, 3.8) is 0 Å². The quantitative estimate of drug-likeness (QED) is 0.773. The summed E-state index contributed by atoms with van der Waals surface area (Å²) >= 11 is 0. The van der Waals surface area contributed by atoms with Gasteiger partial charge in [0.1, 0.15) is 5.75 Å². The summed E-state index contributed by atoms with van der Waals surface area (Å²) in [5.41, 5.74) is 2.79. The molecule has 2 aliphatic rings. The van der Waals surface area contributed by atoms with E-state index in [2.05, 4.69) is 29.2 Å². The minimum atomic E-state index is -3.46. The molecule has 2 aliphatic heterocycles. The second-order valence-corrected chi connectivity index (χ2v) is 9.87. The maximum absolute atomic E-state index is 13.1. The first-order chi connectivity index (χ1) is 13.4. The molecule has 0 aromatic heterocycles. The van der Waals surface area contributed by atoms with Crippen LogP contribution in [0.25, 0.3) is 0 Å². The van der Waals surface area contributed by atoms with Gasteiger partial charge >= 0.3 is 0 Å². The highest BCUT2D eigenvalue weighted by atomic mass is 32.2. The van der Waals surface area contributed by atoms with E-state index in [0.29, 0.717) is 23.7 Å². The van der Waals surface area contributed by atoms with E-state index >= 15 is 0 Å². The van der Waals surface area contributed by atoms with Crippen molar-refractivity contribution in [3.8, 4) is 5.75 Å². The molecule has 0 N–H and O–H groups in total. The van der Waals surface area contributed by atoms with Crippen LogP contribution < -0.4 is 4.74 Å². The summed E-state index contributed by atoms with van der Waals surface area (Å²) in [6, 6.07) is 15.6. The van der Waals surface area contributed by atoms with Gasteiger partial charge in [0.2, 0.25) is 10.0 Å². The molecule has 0 bridgehead atoms. The van der Waals surface area contributed by atoms with Crippen LogP contribution >= 0.6 is 0 Å². The van der Waals surface area contributed by atoms with E-state index in [1.54, 1.807) is 28.6 Å². The van der Waals surface area contributed by atoms with Gasteiger partial charge in [-0.25, -0.2) is 8.42 Å². The standard InChI is InChI=1S/C22H28N2O3S/c1-17(2)27-21-7-9-22(10-8-21)28(25,26)24-14-12-20(16-24)23-13-11-18-5-3-4-6-19(18)15-23/h3-10,17,20H,11-16H2,1-2H3. The lowest BCUT2D eigenvalue weighted by molar-refractivity contribution is 0.185. The molecule has 6 heteroatoms. The summed E-state index contributed by atoms with van der Waals surface area (Å²) in [6.45, 7) is 6.96.